The highest BCUT2D eigenvalue weighted by Gasteiger charge is 2.48. The lowest BCUT2D eigenvalue weighted by Gasteiger charge is -2.40. The van der Waals surface area contributed by atoms with Crippen LogP contribution >= 0.6 is 0 Å². The summed E-state index contributed by atoms with van der Waals surface area (Å²) in [6.45, 7) is 5.15. The highest BCUT2D eigenvalue weighted by molar-refractivity contribution is 5.87. The van der Waals surface area contributed by atoms with Gasteiger partial charge in [0.1, 0.15) is 7.05 Å². The summed E-state index contributed by atoms with van der Waals surface area (Å²) in [4.78, 5) is 0. The van der Waals surface area contributed by atoms with E-state index in [2.05, 4.69) is 49.7 Å². The Balaban J connectivity index is 2.11. The predicted octanol–water partition coefficient (Wildman–Crippen LogP) is 2.74. The third kappa shape index (κ3) is 1.47. The number of benzene rings is 1. The first kappa shape index (κ1) is 11.0. The summed E-state index contributed by atoms with van der Waals surface area (Å²) < 4.78 is 8.38. The number of nitrogens with zero attached hydrogens (tertiary/aromatic N) is 1. The predicted molar refractivity (Wildman–Crippen MR) is 68.8 cm³/mol. The molecule has 0 saturated heterocycles. The van der Waals surface area contributed by atoms with Crippen LogP contribution < -0.4 is 0 Å². The SMILES string of the molecule is CCOC1CC2c3ccccc3C1C(C)=[N+]2C. The van der Waals surface area contributed by atoms with Crippen molar-refractivity contribution in [2.24, 2.45) is 0 Å². The molecule has 0 amide bonds. The van der Waals surface area contributed by atoms with Crippen LogP contribution in [0, 0.1) is 0 Å². The van der Waals surface area contributed by atoms with Crippen LogP contribution in [0.3, 0.4) is 0 Å². The number of fused-ring (bicyclic) bond motifs is 1. The Morgan fingerprint density at radius 3 is 2.71 bits per heavy atom. The van der Waals surface area contributed by atoms with Crippen LogP contribution in [0.2, 0.25) is 0 Å². The van der Waals surface area contributed by atoms with Crippen LogP contribution in [0.25, 0.3) is 0 Å². The van der Waals surface area contributed by atoms with Gasteiger partial charge in [0.05, 0.1) is 12.0 Å². The van der Waals surface area contributed by atoms with E-state index in [1.807, 2.05) is 0 Å². The van der Waals surface area contributed by atoms with Crippen LogP contribution in [-0.4, -0.2) is 30.0 Å². The van der Waals surface area contributed by atoms with Crippen LogP contribution in [-0.2, 0) is 4.74 Å². The minimum Gasteiger partial charge on any atom is -0.377 e. The lowest BCUT2D eigenvalue weighted by Crippen LogP contribution is -2.45. The summed E-state index contributed by atoms with van der Waals surface area (Å²) in [5, 5.41) is 0. The van der Waals surface area contributed by atoms with Gasteiger partial charge in [-0.25, -0.2) is 4.58 Å². The van der Waals surface area contributed by atoms with E-state index in [0.717, 1.165) is 13.0 Å². The van der Waals surface area contributed by atoms with Gasteiger partial charge in [-0.15, -0.1) is 0 Å². The average Bonchev–Trinajstić information content (AvgIpc) is 2.35. The first-order chi connectivity index (χ1) is 8.24. The van der Waals surface area contributed by atoms with E-state index in [1.54, 1.807) is 0 Å². The lowest BCUT2D eigenvalue weighted by atomic mass is 9.72. The van der Waals surface area contributed by atoms with E-state index in [9.17, 15) is 0 Å². The molecular formula is C15H20NO+. The summed E-state index contributed by atoms with van der Waals surface area (Å²) in [5.41, 5.74) is 4.44. The molecule has 2 aliphatic heterocycles. The second-order valence-corrected chi connectivity index (χ2v) is 5.10. The number of hydrogen-bond acceptors (Lipinski definition) is 1. The molecule has 3 atom stereocenters. The molecule has 2 heteroatoms. The van der Waals surface area contributed by atoms with E-state index in [0.29, 0.717) is 18.1 Å². The summed E-state index contributed by atoms with van der Waals surface area (Å²) >= 11 is 0. The number of ether oxygens (including phenoxy) is 1. The molecule has 0 N–H and O–H groups in total. The zero-order chi connectivity index (χ0) is 12.0. The topological polar surface area (TPSA) is 12.2 Å². The summed E-state index contributed by atoms with van der Waals surface area (Å²) in [6, 6.07) is 9.36. The highest BCUT2D eigenvalue weighted by atomic mass is 16.5. The van der Waals surface area contributed by atoms with Crippen molar-refractivity contribution in [2.45, 2.75) is 38.3 Å². The molecule has 0 spiro atoms. The lowest BCUT2D eigenvalue weighted by molar-refractivity contribution is -0.558. The van der Waals surface area contributed by atoms with E-state index < -0.39 is 0 Å². The smallest absolute Gasteiger partial charge is 0.180 e. The average molecular weight is 230 g/mol. The molecule has 0 aromatic heterocycles. The zero-order valence-electron chi connectivity index (χ0n) is 10.8. The van der Waals surface area contributed by atoms with Gasteiger partial charge in [0, 0.05) is 25.5 Å². The Morgan fingerprint density at radius 2 is 2.00 bits per heavy atom. The second kappa shape index (κ2) is 3.95. The van der Waals surface area contributed by atoms with E-state index in [4.69, 9.17) is 4.74 Å². The van der Waals surface area contributed by atoms with Gasteiger partial charge < -0.3 is 4.74 Å². The third-order valence-corrected chi connectivity index (χ3v) is 4.37. The molecule has 0 saturated carbocycles. The molecule has 2 nitrogen and oxygen atoms in total. The fraction of sp³-hybridized carbons (Fsp3) is 0.533. The molecule has 17 heavy (non-hydrogen) atoms. The minimum atomic E-state index is 0.371. The van der Waals surface area contributed by atoms with Crippen LogP contribution in [0.1, 0.15) is 43.4 Å². The van der Waals surface area contributed by atoms with Crippen molar-refractivity contribution in [3.63, 3.8) is 0 Å². The molecule has 3 aliphatic rings. The van der Waals surface area contributed by atoms with Crippen LogP contribution in [0.15, 0.2) is 24.3 Å². The van der Waals surface area contributed by atoms with Crippen molar-refractivity contribution in [2.75, 3.05) is 13.7 Å². The number of rotatable bonds is 2. The normalized spacial score (nSPS) is 30.6. The quantitative estimate of drug-likeness (QED) is 0.712. The van der Waals surface area contributed by atoms with E-state index >= 15 is 0 Å². The van der Waals surface area contributed by atoms with Crippen molar-refractivity contribution in [3.8, 4) is 0 Å². The van der Waals surface area contributed by atoms with Crippen molar-refractivity contribution >= 4 is 5.71 Å². The maximum Gasteiger partial charge on any atom is 0.180 e. The van der Waals surface area contributed by atoms with Crippen molar-refractivity contribution in [3.05, 3.63) is 35.4 Å². The zero-order valence-corrected chi connectivity index (χ0v) is 10.8. The van der Waals surface area contributed by atoms with Crippen molar-refractivity contribution < 1.29 is 9.31 Å². The molecule has 2 bridgehead atoms. The highest BCUT2D eigenvalue weighted by Crippen LogP contribution is 2.45. The summed E-state index contributed by atoms with van der Waals surface area (Å²) in [5.74, 6) is 0.459. The Kier molecular flexibility index (Phi) is 2.55. The minimum absolute atomic E-state index is 0.371. The standard InChI is InChI=1S/C15H20NO/c1-4-17-14-9-13-11-7-5-6-8-12(11)15(14)10(2)16(13)3/h5-8,13-15H,4,9H2,1-3H3/q+1. The first-order valence-corrected chi connectivity index (χ1v) is 6.50. The van der Waals surface area contributed by atoms with E-state index in [1.165, 1.54) is 16.8 Å². The van der Waals surface area contributed by atoms with Gasteiger partial charge >= 0.3 is 0 Å². The van der Waals surface area contributed by atoms with Gasteiger partial charge in [-0.3, -0.25) is 0 Å². The Bertz CT molecular complexity index is 478. The Labute approximate surface area is 103 Å². The van der Waals surface area contributed by atoms with Gasteiger partial charge in [0.15, 0.2) is 11.8 Å². The summed E-state index contributed by atoms with van der Waals surface area (Å²) in [7, 11) is 2.21. The molecule has 0 fully saturated rings. The van der Waals surface area contributed by atoms with Crippen LogP contribution in [0.5, 0.6) is 0 Å². The molecule has 3 unspecified atom stereocenters. The van der Waals surface area contributed by atoms with Crippen LogP contribution in [0.4, 0.5) is 0 Å². The van der Waals surface area contributed by atoms with Gasteiger partial charge in [0.25, 0.3) is 0 Å². The van der Waals surface area contributed by atoms with Gasteiger partial charge in [0.2, 0.25) is 0 Å². The molecule has 0 radical (unpaired) electrons. The van der Waals surface area contributed by atoms with Gasteiger partial charge in [-0.05, 0) is 12.5 Å². The summed E-state index contributed by atoms with van der Waals surface area (Å²) in [6.07, 6.45) is 1.50. The molecule has 1 aliphatic carbocycles. The molecule has 90 valence electrons. The van der Waals surface area contributed by atoms with Crippen molar-refractivity contribution in [1.82, 2.24) is 0 Å². The Morgan fingerprint density at radius 1 is 1.29 bits per heavy atom. The molecule has 1 aromatic carbocycles. The molecule has 4 rings (SSSR count). The molecule has 1 aromatic rings. The fourth-order valence-corrected chi connectivity index (χ4v) is 3.49. The molecular weight excluding hydrogens is 210 g/mol. The fourth-order valence-electron chi connectivity index (χ4n) is 3.49. The maximum absolute atomic E-state index is 5.94. The second-order valence-electron chi connectivity index (χ2n) is 5.10. The van der Waals surface area contributed by atoms with E-state index in [-0.39, 0.29) is 0 Å². The Hall–Kier alpha value is -1.15. The maximum atomic E-state index is 5.94. The molecule has 2 heterocycles. The first-order valence-electron chi connectivity index (χ1n) is 6.50. The van der Waals surface area contributed by atoms with Gasteiger partial charge in [-0.2, -0.15) is 0 Å². The number of hydrogen-bond donors (Lipinski definition) is 0. The van der Waals surface area contributed by atoms with Crippen molar-refractivity contribution in [1.29, 1.82) is 0 Å². The largest absolute Gasteiger partial charge is 0.377 e. The monoisotopic (exact) mass is 230 g/mol. The van der Waals surface area contributed by atoms with Gasteiger partial charge in [-0.1, -0.05) is 24.3 Å². The third-order valence-electron chi connectivity index (χ3n) is 4.37.